The second-order valence-corrected chi connectivity index (χ2v) is 5.77. The fraction of sp³-hybridized carbons (Fsp3) is 0.562. The third-order valence-electron chi connectivity index (χ3n) is 4.32. The molecule has 0 bridgehead atoms. The van der Waals surface area contributed by atoms with Crippen LogP contribution >= 0.6 is 0 Å². The van der Waals surface area contributed by atoms with E-state index in [4.69, 9.17) is 5.73 Å². The third-order valence-corrected chi connectivity index (χ3v) is 4.32. The van der Waals surface area contributed by atoms with Gasteiger partial charge in [-0.25, -0.2) is 0 Å². The first-order chi connectivity index (χ1) is 9.61. The monoisotopic (exact) mass is 276 g/mol. The number of aliphatic hydroxyl groups is 1. The number of aryl methyl sites for hydroxylation is 1. The molecule has 4 N–H and O–H groups in total. The van der Waals surface area contributed by atoms with E-state index in [9.17, 15) is 9.90 Å². The lowest BCUT2D eigenvalue weighted by atomic mass is 9.79. The van der Waals surface area contributed by atoms with E-state index in [-0.39, 0.29) is 12.5 Å². The minimum absolute atomic E-state index is 0.0511. The van der Waals surface area contributed by atoms with E-state index >= 15 is 0 Å². The number of nitrogens with one attached hydrogen (secondary N) is 1. The van der Waals surface area contributed by atoms with Crippen molar-refractivity contribution in [2.45, 2.75) is 32.6 Å². The molecule has 2 unspecified atom stereocenters. The van der Waals surface area contributed by atoms with Gasteiger partial charge in [-0.3, -0.25) is 4.79 Å². The van der Waals surface area contributed by atoms with E-state index in [1.54, 1.807) is 12.1 Å². The number of amides is 1. The van der Waals surface area contributed by atoms with Gasteiger partial charge in [0.15, 0.2) is 0 Å². The Hall–Kier alpha value is -1.55. The number of nitrogens with two attached hydrogens (primary N) is 1. The van der Waals surface area contributed by atoms with Crippen molar-refractivity contribution in [1.82, 2.24) is 5.32 Å². The lowest BCUT2D eigenvalue weighted by Gasteiger charge is -2.30. The number of benzene rings is 1. The molecule has 0 spiro atoms. The standard InChI is InChI=1S/C16H24N2O2/c1-11-8-14(17)6-7-15(11)16(20)18-9-12-4-2-3-5-13(12)10-19/h6-8,12-13,19H,2-5,9-10,17H2,1H3,(H,18,20). The van der Waals surface area contributed by atoms with Crippen LogP contribution in [0.25, 0.3) is 0 Å². The largest absolute Gasteiger partial charge is 0.399 e. The highest BCUT2D eigenvalue weighted by Crippen LogP contribution is 2.29. The Kier molecular flexibility index (Phi) is 5.01. The fourth-order valence-corrected chi connectivity index (χ4v) is 3.05. The molecule has 4 heteroatoms. The maximum atomic E-state index is 12.2. The minimum Gasteiger partial charge on any atom is -0.399 e. The fourth-order valence-electron chi connectivity index (χ4n) is 3.05. The molecule has 1 aromatic carbocycles. The zero-order valence-electron chi connectivity index (χ0n) is 12.1. The van der Waals surface area contributed by atoms with Gasteiger partial charge in [-0.1, -0.05) is 12.8 Å². The van der Waals surface area contributed by atoms with E-state index in [0.717, 1.165) is 18.4 Å². The Morgan fingerprint density at radius 2 is 2.05 bits per heavy atom. The number of hydrogen-bond donors (Lipinski definition) is 3. The number of hydrogen-bond acceptors (Lipinski definition) is 3. The Morgan fingerprint density at radius 1 is 1.35 bits per heavy atom. The first kappa shape index (κ1) is 14.9. The van der Waals surface area contributed by atoms with Crippen LogP contribution in [0.15, 0.2) is 18.2 Å². The van der Waals surface area contributed by atoms with Gasteiger partial charge in [-0.2, -0.15) is 0 Å². The average Bonchev–Trinajstić information content (AvgIpc) is 2.45. The molecule has 1 aliphatic rings. The number of aliphatic hydroxyl groups excluding tert-OH is 1. The van der Waals surface area contributed by atoms with Crippen LogP contribution in [0.4, 0.5) is 5.69 Å². The molecule has 0 aliphatic heterocycles. The summed E-state index contributed by atoms with van der Waals surface area (Å²) in [6.07, 6.45) is 4.54. The molecule has 4 nitrogen and oxygen atoms in total. The first-order valence-electron chi connectivity index (χ1n) is 7.37. The summed E-state index contributed by atoms with van der Waals surface area (Å²) in [5.74, 6) is 0.674. The van der Waals surface area contributed by atoms with Gasteiger partial charge >= 0.3 is 0 Å². The van der Waals surface area contributed by atoms with Gasteiger partial charge in [0.2, 0.25) is 0 Å². The summed E-state index contributed by atoms with van der Waals surface area (Å²) in [6.45, 7) is 2.76. The first-order valence-corrected chi connectivity index (χ1v) is 7.37. The second-order valence-electron chi connectivity index (χ2n) is 5.77. The van der Waals surface area contributed by atoms with Crippen LogP contribution in [0.1, 0.15) is 41.6 Å². The molecule has 0 radical (unpaired) electrons. The summed E-state index contributed by atoms with van der Waals surface area (Å²) < 4.78 is 0. The van der Waals surface area contributed by atoms with Crippen molar-refractivity contribution >= 4 is 11.6 Å². The molecule has 1 fully saturated rings. The van der Waals surface area contributed by atoms with Crippen LogP contribution in [0.2, 0.25) is 0 Å². The molecule has 1 aromatic rings. The summed E-state index contributed by atoms with van der Waals surface area (Å²) in [4.78, 5) is 12.2. The summed E-state index contributed by atoms with van der Waals surface area (Å²) in [5, 5.41) is 12.4. The van der Waals surface area contributed by atoms with Crippen molar-refractivity contribution in [2.75, 3.05) is 18.9 Å². The average molecular weight is 276 g/mol. The van der Waals surface area contributed by atoms with Crippen molar-refractivity contribution in [1.29, 1.82) is 0 Å². The van der Waals surface area contributed by atoms with Gasteiger partial charge < -0.3 is 16.2 Å². The molecular weight excluding hydrogens is 252 g/mol. The summed E-state index contributed by atoms with van der Waals surface area (Å²) in [6, 6.07) is 5.33. The van der Waals surface area contributed by atoms with Crippen LogP contribution in [0.3, 0.4) is 0 Å². The van der Waals surface area contributed by atoms with Crippen molar-refractivity contribution in [2.24, 2.45) is 11.8 Å². The normalized spacial score (nSPS) is 22.5. The number of carbonyl (C=O) groups excluding carboxylic acids is 1. The highest BCUT2D eigenvalue weighted by Gasteiger charge is 2.24. The zero-order chi connectivity index (χ0) is 14.5. The summed E-state index contributed by atoms with van der Waals surface area (Å²) in [5.41, 5.74) is 7.94. The lowest BCUT2D eigenvalue weighted by Crippen LogP contribution is -2.35. The van der Waals surface area contributed by atoms with Crippen molar-refractivity contribution in [3.8, 4) is 0 Å². The Balaban J connectivity index is 1.94. The molecule has 0 saturated heterocycles. The van der Waals surface area contributed by atoms with E-state index in [1.807, 2.05) is 13.0 Å². The van der Waals surface area contributed by atoms with Crippen molar-refractivity contribution in [3.05, 3.63) is 29.3 Å². The van der Waals surface area contributed by atoms with Crippen LogP contribution in [0.5, 0.6) is 0 Å². The summed E-state index contributed by atoms with van der Waals surface area (Å²) >= 11 is 0. The minimum atomic E-state index is -0.0511. The molecule has 2 atom stereocenters. The topological polar surface area (TPSA) is 75.4 Å². The van der Waals surface area contributed by atoms with Gasteiger partial charge in [0.25, 0.3) is 5.91 Å². The smallest absolute Gasteiger partial charge is 0.251 e. The molecule has 0 aromatic heterocycles. The van der Waals surface area contributed by atoms with Crippen molar-refractivity contribution < 1.29 is 9.90 Å². The summed E-state index contributed by atoms with van der Waals surface area (Å²) in [7, 11) is 0. The maximum absolute atomic E-state index is 12.2. The van der Waals surface area contributed by atoms with Gasteiger partial charge in [-0.05, 0) is 55.4 Å². The van der Waals surface area contributed by atoms with E-state index < -0.39 is 0 Å². The van der Waals surface area contributed by atoms with E-state index in [1.165, 1.54) is 12.8 Å². The van der Waals surface area contributed by atoms with Crippen LogP contribution in [-0.2, 0) is 0 Å². The quantitative estimate of drug-likeness (QED) is 0.737. The highest BCUT2D eigenvalue weighted by atomic mass is 16.3. The lowest BCUT2D eigenvalue weighted by molar-refractivity contribution is 0.0909. The van der Waals surface area contributed by atoms with Gasteiger partial charge in [-0.15, -0.1) is 0 Å². The number of anilines is 1. The number of carbonyl (C=O) groups is 1. The van der Waals surface area contributed by atoms with Crippen molar-refractivity contribution in [3.63, 3.8) is 0 Å². The number of rotatable bonds is 4. The maximum Gasteiger partial charge on any atom is 0.251 e. The molecule has 1 saturated carbocycles. The molecule has 110 valence electrons. The third kappa shape index (κ3) is 3.51. The molecule has 20 heavy (non-hydrogen) atoms. The highest BCUT2D eigenvalue weighted by molar-refractivity contribution is 5.96. The Labute approximate surface area is 120 Å². The SMILES string of the molecule is Cc1cc(N)ccc1C(=O)NCC1CCCCC1CO. The van der Waals surface area contributed by atoms with Gasteiger partial charge in [0.05, 0.1) is 0 Å². The van der Waals surface area contributed by atoms with Gasteiger partial charge in [0.1, 0.15) is 0 Å². The predicted octanol–water partition coefficient (Wildman–Crippen LogP) is 2.11. The van der Waals surface area contributed by atoms with Crippen LogP contribution in [0, 0.1) is 18.8 Å². The molecule has 0 heterocycles. The van der Waals surface area contributed by atoms with Crippen LogP contribution in [-0.4, -0.2) is 24.2 Å². The van der Waals surface area contributed by atoms with Gasteiger partial charge in [0, 0.05) is 24.4 Å². The zero-order valence-corrected chi connectivity index (χ0v) is 12.1. The second kappa shape index (κ2) is 6.75. The number of nitrogen functional groups attached to an aromatic ring is 1. The molecular formula is C16H24N2O2. The van der Waals surface area contributed by atoms with E-state index in [2.05, 4.69) is 5.32 Å². The molecule has 1 aliphatic carbocycles. The predicted molar refractivity (Wildman–Crippen MR) is 80.5 cm³/mol. The van der Waals surface area contributed by atoms with Crippen LogP contribution < -0.4 is 11.1 Å². The van der Waals surface area contributed by atoms with E-state index in [0.29, 0.717) is 29.6 Å². The molecule has 2 rings (SSSR count). The molecule has 1 amide bonds. The Morgan fingerprint density at radius 3 is 2.70 bits per heavy atom. The Bertz CT molecular complexity index is 474.